The Balaban J connectivity index is 1.62. The molecule has 9 heteroatoms. The van der Waals surface area contributed by atoms with Gasteiger partial charge in [-0.15, -0.1) is 0 Å². The quantitative estimate of drug-likeness (QED) is 0.625. The van der Waals surface area contributed by atoms with E-state index in [9.17, 15) is 13.2 Å². The molecule has 0 bridgehead atoms. The molecule has 0 spiro atoms. The van der Waals surface area contributed by atoms with Crippen LogP contribution in [-0.2, 0) is 10.0 Å². The lowest BCUT2D eigenvalue weighted by atomic mass is 10.1. The summed E-state index contributed by atoms with van der Waals surface area (Å²) in [4.78, 5) is 12.6. The van der Waals surface area contributed by atoms with E-state index in [1.165, 1.54) is 4.31 Å². The molecule has 2 N–H and O–H groups in total. The normalized spacial score (nSPS) is 15.0. The molecular weight excluding hydrogens is 474 g/mol. The van der Waals surface area contributed by atoms with E-state index in [-0.39, 0.29) is 15.9 Å². The fourth-order valence-corrected chi connectivity index (χ4v) is 5.14. The van der Waals surface area contributed by atoms with Crippen LogP contribution in [-0.4, -0.2) is 36.8 Å². The van der Waals surface area contributed by atoms with Crippen LogP contribution in [0.1, 0.15) is 35.2 Å². The number of anilines is 1. The summed E-state index contributed by atoms with van der Waals surface area (Å²) in [6.07, 6.45) is 2.85. The van der Waals surface area contributed by atoms with Crippen molar-refractivity contribution in [1.29, 1.82) is 0 Å². The van der Waals surface area contributed by atoms with E-state index >= 15 is 0 Å². The first-order valence-electron chi connectivity index (χ1n) is 9.26. The zero-order valence-corrected chi connectivity index (χ0v) is 19.2. The third-order valence-corrected chi connectivity index (χ3v) is 7.70. The molecule has 6 nitrogen and oxygen atoms in total. The molecule has 1 heterocycles. The van der Waals surface area contributed by atoms with Crippen molar-refractivity contribution in [3.63, 3.8) is 0 Å². The van der Waals surface area contributed by atoms with E-state index < -0.39 is 10.0 Å². The number of nitrogens with zero attached hydrogens (tertiary/aromatic N) is 1. The molecule has 1 saturated heterocycles. The number of aryl methyl sites for hydroxylation is 1. The molecule has 2 aromatic carbocycles. The lowest BCUT2D eigenvalue weighted by Gasteiger charge is -2.25. The second kappa shape index (κ2) is 9.34. The minimum atomic E-state index is -3.47. The SMILES string of the molecule is Cc1ccc(C(=O)NC(=S)Nc2ccc(S(=O)(=O)N3CCCCC3)cc2)cc1Br. The van der Waals surface area contributed by atoms with Crippen LogP contribution in [0.25, 0.3) is 0 Å². The van der Waals surface area contributed by atoms with E-state index in [0.717, 1.165) is 29.3 Å². The van der Waals surface area contributed by atoms with Gasteiger partial charge in [0.05, 0.1) is 4.90 Å². The van der Waals surface area contributed by atoms with Crippen LogP contribution in [0, 0.1) is 6.92 Å². The summed E-state index contributed by atoms with van der Waals surface area (Å²) >= 11 is 8.60. The Kier molecular flexibility index (Phi) is 7.05. The van der Waals surface area contributed by atoms with Gasteiger partial charge in [0.25, 0.3) is 5.91 Å². The number of sulfonamides is 1. The molecule has 1 fully saturated rings. The number of rotatable bonds is 4. The summed E-state index contributed by atoms with van der Waals surface area (Å²) in [5.41, 5.74) is 2.11. The van der Waals surface area contributed by atoms with Gasteiger partial charge >= 0.3 is 0 Å². The van der Waals surface area contributed by atoms with Crippen molar-refractivity contribution < 1.29 is 13.2 Å². The molecule has 0 radical (unpaired) electrons. The molecule has 0 saturated carbocycles. The lowest BCUT2D eigenvalue weighted by Crippen LogP contribution is -2.35. The number of hydrogen-bond donors (Lipinski definition) is 2. The van der Waals surface area contributed by atoms with Crippen LogP contribution in [0.3, 0.4) is 0 Å². The zero-order valence-electron chi connectivity index (χ0n) is 15.9. The van der Waals surface area contributed by atoms with Crippen LogP contribution in [0.4, 0.5) is 5.69 Å². The highest BCUT2D eigenvalue weighted by atomic mass is 79.9. The Hall–Kier alpha value is -1.81. The van der Waals surface area contributed by atoms with Crippen molar-refractivity contribution in [2.75, 3.05) is 18.4 Å². The van der Waals surface area contributed by atoms with Gasteiger partial charge in [-0.1, -0.05) is 28.4 Å². The molecule has 29 heavy (non-hydrogen) atoms. The van der Waals surface area contributed by atoms with Gasteiger partial charge in [-0.2, -0.15) is 4.31 Å². The fourth-order valence-electron chi connectivity index (χ4n) is 3.04. The molecule has 0 aliphatic carbocycles. The molecule has 1 aliphatic rings. The minimum Gasteiger partial charge on any atom is -0.332 e. The lowest BCUT2D eigenvalue weighted by molar-refractivity contribution is 0.0977. The second-order valence-corrected chi connectivity index (χ2v) is 10.1. The van der Waals surface area contributed by atoms with Crippen molar-refractivity contribution in [3.8, 4) is 0 Å². The smallest absolute Gasteiger partial charge is 0.257 e. The Morgan fingerprint density at radius 3 is 2.34 bits per heavy atom. The highest BCUT2D eigenvalue weighted by Crippen LogP contribution is 2.22. The van der Waals surface area contributed by atoms with Gasteiger partial charge in [0.2, 0.25) is 10.0 Å². The highest BCUT2D eigenvalue weighted by molar-refractivity contribution is 9.10. The molecule has 3 rings (SSSR count). The van der Waals surface area contributed by atoms with Crippen LogP contribution in [0.15, 0.2) is 51.8 Å². The summed E-state index contributed by atoms with van der Waals surface area (Å²) in [6.45, 7) is 3.06. The highest BCUT2D eigenvalue weighted by Gasteiger charge is 2.25. The molecule has 0 aromatic heterocycles. The number of thiocarbonyl (C=S) groups is 1. The second-order valence-electron chi connectivity index (χ2n) is 6.86. The number of carbonyl (C=O) groups excluding carboxylic acids is 1. The molecular formula is C20H22BrN3O3S2. The van der Waals surface area contributed by atoms with Crippen molar-refractivity contribution in [2.45, 2.75) is 31.1 Å². The molecule has 154 valence electrons. The van der Waals surface area contributed by atoms with Gasteiger partial charge in [0, 0.05) is 28.8 Å². The number of carbonyl (C=O) groups is 1. The summed E-state index contributed by atoms with van der Waals surface area (Å²) < 4.78 is 27.8. The topological polar surface area (TPSA) is 78.5 Å². The van der Waals surface area contributed by atoms with E-state index in [0.29, 0.717) is 24.3 Å². The summed E-state index contributed by atoms with van der Waals surface area (Å²) in [5.74, 6) is -0.326. The van der Waals surface area contributed by atoms with E-state index in [4.69, 9.17) is 12.2 Å². The van der Waals surface area contributed by atoms with Crippen LogP contribution in [0.5, 0.6) is 0 Å². The van der Waals surface area contributed by atoms with Crippen molar-refractivity contribution in [2.24, 2.45) is 0 Å². The van der Waals surface area contributed by atoms with E-state index in [1.807, 2.05) is 13.0 Å². The van der Waals surface area contributed by atoms with Crippen LogP contribution < -0.4 is 10.6 Å². The van der Waals surface area contributed by atoms with E-state index in [2.05, 4.69) is 26.6 Å². The Morgan fingerprint density at radius 1 is 1.07 bits per heavy atom. The van der Waals surface area contributed by atoms with Gasteiger partial charge in [0.1, 0.15) is 0 Å². The standard InChI is InChI=1S/C20H22BrN3O3S2/c1-14-5-6-15(13-18(14)21)19(25)23-20(28)22-16-7-9-17(10-8-16)29(26,27)24-11-3-2-4-12-24/h5-10,13H,2-4,11-12H2,1H3,(H2,22,23,25,28). The number of halogens is 1. The number of hydrogen-bond acceptors (Lipinski definition) is 4. The summed E-state index contributed by atoms with van der Waals surface area (Å²) in [7, 11) is -3.47. The molecule has 1 aliphatic heterocycles. The Labute approximate surface area is 184 Å². The third kappa shape index (κ3) is 5.42. The maximum Gasteiger partial charge on any atom is 0.257 e. The first kappa shape index (κ1) is 21.9. The Bertz CT molecular complexity index is 1020. The predicted molar refractivity (Wildman–Crippen MR) is 122 cm³/mol. The van der Waals surface area contributed by atoms with Crippen molar-refractivity contribution >= 4 is 54.9 Å². The van der Waals surface area contributed by atoms with E-state index in [1.54, 1.807) is 36.4 Å². The number of benzene rings is 2. The van der Waals surface area contributed by atoms with Gasteiger partial charge in [0.15, 0.2) is 5.11 Å². The maximum absolute atomic E-state index is 12.7. The molecule has 2 aromatic rings. The fraction of sp³-hybridized carbons (Fsp3) is 0.300. The maximum atomic E-state index is 12.7. The number of nitrogens with one attached hydrogen (secondary N) is 2. The summed E-state index contributed by atoms with van der Waals surface area (Å²) in [5, 5.41) is 5.67. The van der Waals surface area contributed by atoms with Gasteiger partial charge < -0.3 is 5.32 Å². The average Bonchev–Trinajstić information content (AvgIpc) is 2.71. The number of amides is 1. The predicted octanol–water partition coefficient (Wildman–Crippen LogP) is 4.06. The Morgan fingerprint density at radius 2 is 1.72 bits per heavy atom. The van der Waals surface area contributed by atoms with Crippen LogP contribution in [0.2, 0.25) is 0 Å². The zero-order chi connectivity index (χ0) is 21.0. The average molecular weight is 496 g/mol. The first-order chi connectivity index (χ1) is 13.8. The van der Waals surface area contributed by atoms with Gasteiger partial charge in [-0.3, -0.25) is 10.1 Å². The van der Waals surface area contributed by atoms with Crippen LogP contribution >= 0.6 is 28.1 Å². The number of piperidine rings is 1. The van der Waals surface area contributed by atoms with Crippen molar-refractivity contribution in [1.82, 2.24) is 9.62 Å². The van der Waals surface area contributed by atoms with Crippen molar-refractivity contribution in [3.05, 3.63) is 58.1 Å². The minimum absolute atomic E-state index is 0.137. The van der Waals surface area contributed by atoms with Gasteiger partial charge in [-0.25, -0.2) is 8.42 Å². The summed E-state index contributed by atoms with van der Waals surface area (Å²) in [6, 6.07) is 11.7. The first-order valence-corrected chi connectivity index (χ1v) is 11.9. The monoisotopic (exact) mass is 495 g/mol. The molecule has 0 atom stereocenters. The molecule has 1 amide bonds. The van der Waals surface area contributed by atoms with Gasteiger partial charge in [-0.05, 0) is 73.9 Å². The largest absolute Gasteiger partial charge is 0.332 e. The third-order valence-electron chi connectivity index (χ3n) is 4.73. The molecule has 0 unspecified atom stereocenters.